The van der Waals surface area contributed by atoms with Gasteiger partial charge in [-0.2, -0.15) is 0 Å². The summed E-state index contributed by atoms with van der Waals surface area (Å²) in [5.41, 5.74) is -2.61. The highest BCUT2D eigenvalue weighted by Gasteiger charge is 2.67. The van der Waals surface area contributed by atoms with Crippen molar-refractivity contribution >= 4 is 35.8 Å². The first kappa shape index (κ1) is 35.7. The molecule has 0 bridgehead atoms. The van der Waals surface area contributed by atoms with E-state index >= 15 is 0 Å². The normalized spacial score (nSPS) is 36.3. The Hall–Kier alpha value is -3.74. The number of carbonyl (C=O) groups is 6. The van der Waals surface area contributed by atoms with E-state index in [2.05, 4.69) is 0 Å². The average molecular weight is 637 g/mol. The molecule has 1 heterocycles. The first-order chi connectivity index (χ1) is 20.8. The van der Waals surface area contributed by atoms with Crippen molar-refractivity contribution in [2.45, 2.75) is 124 Å². The van der Waals surface area contributed by atoms with Crippen molar-refractivity contribution in [3.8, 4) is 0 Å². The van der Waals surface area contributed by atoms with Crippen LogP contribution < -0.4 is 0 Å². The molecule has 3 aliphatic rings. The Bertz CT molecular complexity index is 1280. The minimum Gasteiger partial charge on any atom is -0.462 e. The van der Waals surface area contributed by atoms with E-state index in [1.165, 1.54) is 47.6 Å². The van der Waals surface area contributed by atoms with Gasteiger partial charge in [0.1, 0.15) is 30.5 Å². The average Bonchev–Trinajstić information content (AvgIpc) is 3.11. The van der Waals surface area contributed by atoms with Gasteiger partial charge in [-0.1, -0.05) is 18.6 Å². The van der Waals surface area contributed by atoms with Crippen LogP contribution in [0.5, 0.6) is 0 Å². The van der Waals surface area contributed by atoms with Crippen molar-refractivity contribution in [3.05, 3.63) is 23.3 Å². The number of hydrogen-bond acceptors (Lipinski definition) is 13. The molecule has 0 amide bonds. The zero-order valence-corrected chi connectivity index (χ0v) is 27.2. The molecule has 0 saturated carbocycles. The summed E-state index contributed by atoms with van der Waals surface area (Å²) in [5.74, 6) is -6.30. The van der Waals surface area contributed by atoms with Crippen LogP contribution in [-0.4, -0.2) is 83.1 Å². The van der Waals surface area contributed by atoms with Crippen LogP contribution in [0.25, 0.3) is 0 Å². The Morgan fingerprint density at radius 2 is 1.51 bits per heavy atom. The van der Waals surface area contributed by atoms with Gasteiger partial charge in [0, 0.05) is 46.5 Å². The molecule has 0 aromatic rings. The number of esters is 6. The van der Waals surface area contributed by atoms with Gasteiger partial charge in [0.05, 0.1) is 17.8 Å². The molecule has 0 spiro atoms. The molecule has 3 rings (SSSR count). The van der Waals surface area contributed by atoms with E-state index in [-0.39, 0.29) is 19.3 Å². The summed E-state index contributed by atoms with van der Waals surface area (Å²) in [4.78, 5) is 75.2. The van der Waals surface area contributed by atoms with E-state index in [9.17, 15) is 33.9 Å². The number of ether oxygens (including phenoxy) is 6. The minimum atomic E-state index is -2.15. The number of carbonyl (C=O) groups excluding carboxylic acids is 6. The van der Waals surface area contributed by atoms with E-state index < -0.39 is 95.3 Å². The number of fused-ring (bicyclic) bond motifs is 2. The van der Waals surface area contributed by atoms with Crippen molar-refractivity contribution in [1.82, 2.24) is 0 Å². The maximum absolute atomic E-state index is 13.1. The second-order valence-electron chi connectivity index (χ2n) is 12.5. The van der Waals surface area contributed by atoms with Crippen molar-refractivity contribution in [2.24, 2.45) is 17.3 Å². The Morgan fingerprint density at radius 1 is 0.933 bits per heavy atom. The molecule has 1 N–H and O–H groups in total. The Balaban J connectivity index is 2.32. The van der Waals surface area contributed by atoms with Crippen molar-refractivity contribution in [1.29, 1.82) is 0 Å². The van der Waals surface area contributed by atoms with Crippen LogP contribution in [0.2, 0.25) is 0 Å². The smallest absolute Gasteiger partial charge is 0.312 e. The molecular formula is C32H44O13. The molecule has 1 unspecified atom stereocenters. The summed E-state index contributed by atoms with van der Waals surface area (Å²) in [6, 6.07) is 0. The summed E-state index contributed by atoms with van der Waals surface area (Å²) >= 11 is 0. The van der Waals surface area contributed by atoms with Gasteiger partial charge in [0.25, 0.3) is 0 Å². The molecule has 1 saturated heterocycles. The van der Waals surface area contributed by atoms with Gasteiger partial charge in [-0.25, -0.2) is 0 Å². The lowest BCUT2D eigenvalue weighted by Crippen LogP contribution is -2.65. The predicted molar refractivity (Wildman–Crippen MR) is 155 cm³/mol. The number of hydrogen-bond donors (Lipinski definition) is 1. The lowest BCUT2D eigenvalue weighted by Gasteiger charge is -2.54. The van der Waals surface area contributed by atoms with Crippen LogP contribution in [0.4, 0.5) is 0 Å². The third-order valence-corrected chi connectivity index (χ3v) is 9.06. The van der Waals surface area contributed by atoms with Gasteiger partial charge in [-0.15, -0.1) is 0 Å². The Labute approximate surface area is 262 Å². The molecule has 13 heteroatoms. The first-order valence-corrected chi connectivity index (χ1v) is 15.0. The molecule has 0 radical (unpaired) electrons. The fourth-order valence-electron chi connectivity index (χ4n) is 6.92. The SMILES string of the molecule is CC(=O)OC(C)CC(=O)O[C@@H]1C[C@H](OC(C)=O)[C@@]2(C)[C@@H](OC(C)=O)CC=C(C)[C@@H]2[C@@H](OC(C)=O)[C@@]2(O)[C@H](/C=C\1C)OC(=O)[C@@H]2C. The van der Waals surface area contributed by atoms with E-state index in [1.807, 2.05) is 0 Å². The van der Waals surface area contributed by atoms with Crippen LogP contribution in [0, 0.1) is 17.3 Å². The van der Waals surface area contributed by atoms with Crippen LogP contribution in [0.15, 0.2) is 23.3 Å². The van der Waals surface area contributed by atoms with Crippen LogP contribution >= 0.6 is 0 Å². The number of rotatable bonds is 7. The molecule has 1 fully saturated rings. The van der Waals surface area contributed by atoms with Crippen molar-refractivity contribution in [3.63, 3.8) is 0 Å². The highest BCUT2D eigenvalue weighted by Crippen LogP contribution is 2.55. The van der Waals surface area contributed by atoms with Gasteiger partial charge in [-0.3, -0.25) is 28.8 Å². The van der Waals surface area contributed by atoms with Crippen LogP contribution in [0.3, 0.4) is 0 Å². The van der Waals surface area contributed by atoms with Gasteiger partial charge < -0.3 is 33.5 Å². The first-order valence-electron chi connectivity index (χ1n) is 15.0. The summed E-state index contributed by atoms with van der Waals surface area (Å²) in [6.07, 6.45) is -3.82. The lowest BCUT2D eigenvalue weighted by molar-refractivity contribution is -0.218. The quantitative estimate of drug-likeness (QED) is 0.245. The third kappa shape index (κ3) is 7.40. The zero-order valence-electron chi connectivity index (χ0n) is 27.2. The topological polar surface area (TPSA) is 178 Å². The molecule has 0 aromatic heterocycles. The van der Waals surface area contributed by atoms with Gasteiger partial charge in [0.15, 0.2) is 11.7 Å². The maximum Gasteiger partial charge on any atom is 0.312 e. The summed E-state index contributed by atoms with van der Waals surface area (Å²) in [7, 11) is 0. The monoisotopic (exact) mass is 636 g/mol. The van der Waals surface area contributed by atoms with Gasteiger partial charge >= 0.3 is 35.8 Å². The molecule has 10 atom stereocenters. The van der Waals surface area contributed by atoms with Gasteiger partial charge in [0.2, 0.25) is 0 Å². The Kier molecular flexibility index (Phi) is 10.9. The molecule has 45 heavy (non-hydrogen) atoms. The van der Waals surface area contributed by atoms with Crippen LogP contribution in [-0.2, 0) is 57.2 Å². The summed E-state index contributed by atoms with van der Waals surface area (Å²) in [5, 5.41) is 12.5. The third-order valence-electron chi connectivity index (χ3n) is 9.06. The fraction of sp³-hybridized carbons (Fsp3) is 0.688. The largest absolute Gasteiger partial charge is 0.462 e. The maximum atomic E-state index is 13.1. The predicted octanol–water partition coefficient (Wildman–Crippen LogP) is 2.65. The second-order valence-corrected chi connectivity index (χ2v) is 12.5. The summed E-state index contributed by atoms with van der Waals surface area (Å²) < 4.78 is 34.2. The van der Waals surface area contributed by atoms with E-state index in [4.69, 9.17) is 28.4 Å². The molecule has 250 valence electrons. The Morgan fingerprint density at radius 3 is 2.07 bits per heavy atom. The molecular weight excluding hydrogens is 592 g/mol. The molecule has 2 aliphatic carbocycles. The fourth-order valence-corrected chi connectivity index (χ4v) is 6.92. The van der Waals surface area contributed by atoms with E-state index in [0.29, 0.717) is 11.1 Å². The minimum absolute atomic E-state index is 0.144. The molecule has 1 aliphatic heterocycles. The van der Waals surface area contributed by atoms with Crippen molar-refractivity contribution in [2.75, 3.05) is 0 Å². The summed E-state index contributed by atoms with van der Waals surface area (Å²) in [6.45, 7) is 12.8. The lowest BCUT2D eigenvalue weighted by atomic mass is 9.56. The molecule has 13 nitrogen and oxygen atoms in total. The highest BCUT2D eigenvalue weighted by molar-refractivity contribution is 5.78. The second kappa shape index (κ2) is 13.7. The highest BCUT2D eigenvalue weighted by atomic mass is 16.6. The van der Waals surface area contributed by atoms with E-state index in [0.717, 1.165) is 0 Å². The number of aliphatic hydroxyl groups is 1. The standard InChI is InChI=1S/C32H44O13/c1-15-10-11-24(41-20(6)34)31(9)25(42-21(7)35)14-23(44-27(37)13-17(3)40-19(5)33)16(2)12-26-32(39,18(4)30(38)45-26)29(28(15)31)43-22(8)36/h10,12,17-18,23-26,28-29,39H,11,13-14H2,1-9H3/b16-12-/t17?,18-,23+,24-,25-,26-,28+,29+,31+,32-/m0/s1. The van der Waals surface area contributed by atoms with Crippen molar-refractivity contribution < 1.29 is 62.3 Å². The van der Waals surface area contributed by atoms with Crippen LogP contribution in [0.1, 0.15) is 81.6 Å². The van der Waals surface area contributed by atoms with Gasteiger partial charge in [-0.05, 0) is 39.3 Å². The van der Waals surface area contributed by atoms with E-state index in [1.54, 1.807) is 26.8 Å². The molecule has 0 aromatic carbocycles. The zero-order chi connectivity index (χ0) is 34.0.